The first kappa shape index (κ1) is 17.9. The molecule has 2 rings (SSSR count). The minimum Gasteiger partial charge on any atom is -0.491 e. The number of ether oxygens (including phenoxy) is 1. The number of nitrogens with zero attached hydrogens (tertiary/aromatic N) is 1. The van der Waals surface area contributed by atoms with Gasteiger partial charge in [-0.25, -0.2) is 4.79 Å². The largest absolute Gasteiger partial charge is 0.491 e. The van der Waals surface area contributed by atoms with Crippen LogP contribution in [0.3, 0.4) is 0 Å². The van der Waals surface area contributed by atoms with Crippen LogP contribution in [0, 0.1) is 20.8 Å². The van der Waals surface area contributed by atoms with Crippen molar-refractivity contribution in [3.63, 3.8) is 0 Å². The molecule has 0 aliphatic carbocycles. The highest BCUT2D eigenvalue weighted by Gasteiger charge is 2.13. The summed E-state index contributed by atoms with van der Waals surface area (Å²) in [6.07, 6.45) is 0. The molecule has 1 N–H and O–H groups in total. The second-order valence-electron chi connectivity index (χ2n) is 5.88. The second-order valence-corrected chi connectivity index (χ2v) is 5.88. The Kier molecular flexibility index (Phi) is 6.24. The molecule has 0 bridgehead atoms. The van der Waals surface area contributed by atoms with E-state index in [1.165, 1.54) is 0 Å². The molecule has 4 nitrogen and oxygen atoms in total. The normalized spacial score (nSPS) is 10.3. The Balaban J connectivity index is 1.88. The topological polar surface area (TPSA) is 41.6 Å². The third-order valence-electron chi connectivity index (χ3n) is 3.91. The van der Waals surface area contributed by atoms with E-state index in [1.54, 1.807) is 4.90 Å². The molecule has 0 heterocycles. The lowest BCUT2D eigenvalue weighted by molar-refractivity contribution is 0.242. The van der Waals surface area contributed by atoms with Crippen molar-refractivity contribution in [1.82, 2.24) is 5.32 Å². The van der Waals surface area contributed by atoms with Crippen LogP contribution in [0.2, 0.25) is 0 Å². The summed E-state index contributed by atoms with van der Waals surface area (Å²) in [6, 6.07) is 13.9. The highest BCUT2D eigenvalue weighted by molar-refractivity contribution is 5.91. The SMILES string of the molecule is CCN(C(=O)NCCOc1c(C)cccc1C)c1cccc(C)c1. The molecule has 0 saturated carbocycles. The second kappa shape index (κ2) is 8.39. The molecule has 0 spiro atoms. The number of hydrogen-bond donors (Lipinski definition) is 1. The first-order valence-corrected chi connectivity index (χ1v) is 8.34. The van der Waals surface area contributed by atoms with Gasteiger partial charge in [0, 0.05) is 12.2 Å². The van der Waals surface area contributed by atoms with Crippen molar-refractivity contribution in [2.45, 2.75) is 27.7 Å². The Hall–Kier alpha value is -2.49. The molecule has 2 aromatic carbocycles. The maximum absolute atomic E-state index is 12.4. The van der Waals surface area contributed by atoms with Crippen molar-refractivity contribution in [1.29, 1.82) is 0 Å². The van der Waals surface area contributed by atoms with Crippen LogP contribution in [0.5, 0.6) is 5.75 Å². The number of aryl methyl sites for hydroxylation is 3. The van der Waals surface area contributed by atoms with E-state index in [-0.39, 0.29) is 6.03 Å². The number of benzene rings is 2. The lowest BCUT2D eigenvalue weighted by Gasteiger charge is -2.22. The van der Waals surface area contributed by atoms with E-state index < -0.39 is 0 Å². The van der Waals surface area contributed by atoms with Crippen molar-refractivity contribution in [2.24, 2.45) is 0 Å². The van der Waals surface area contributed by atoms with E-state index in [0.717, 1.165) is 28.1 Å². The smallest absolute Gasteiger partial charge is 0.321 e. The molecule has 128 valence electrons. The molecule has 0 fully saturated rings. The Morgan fingerprint density at radius 1 is 1.08 bits per heavy atom. The lowest BCUT2D eigenvalue weighted by Crippen LogP contribution is -2.41. The molecule has 0 aliphatic heterocycles. The van der Waals surface area contributed by atoms with Gasteiger partial charge in [0.2, 0.25) is 0 Å². The van der Waals surface area contributed by atoms with Gasteiger partial charge in [0.25, 0.3) is 0 Å². The number of carbonyl (C=O) groups is 1. The molecule has 0 aliphatic rings. The minimum atomic E-state index is -0.104. The zero-order chi connectivity index (χ0) is 17.5. The van der Waals surface area contributed by atoms with Crippen molar-refractivity contribution >= 4 is 11.7 Å². The van der Waals surface area contributed by atoms with Gasteiger partial charge in [0.1, 0.15) is 12.4 Å². The van der Waals surface area contributed by atoms with Gasteiger partial charge in [0.05, 0.1) is 6.54 Å². The standard InChI is InChI=1S/C20H26N2O2/c1-5-22(18-11-6-8-15(2)14-18)20(23)21-12-13-24-19-16(3)9-7-10-17(19)4/h6-11,14H,5,12-13H2,1-4H3,(H,21,23). The number of anilines is 1. The zero-order valence-corrected chi connectivity index (χ0v) is 14.9. The van der Waals surface area contributed by atoms with Crippen LogP contribution in [-0.2, 0) is 0 Å². The molecular weight excluding hydrogens is 300 g/mol. The van der Waals surface area contributed by atoms with E-state index in [2.05, 4.69) is 5.32 Å². The maximum Gasteiger partial charge on any atom is 0.321 e. The number of urea groups is 1. The van der Waals surface area contributed by atoms with Crippen LogP contribution in [0.4, 0.5) is 10.5 Å². The van der Waals surface area contributed by atoms with Crippen molar-refractivity contribution in [3.8, 4) is 5.75 Å². The van der Waals surface area contributed by atoms with Gasteiger partial charge in [-0.15, -0.1) is 0 Å². The van der Waals surface area contributed by atoms with Crippen LogP contribution in [-0.4, -0.2) is 25.7 Å². The van der Waals surface area contributed by atoms with Gasteiger partial charge >= 0.3 is 6.03 Å². The van der Waals surface area contributed by atoms with Crippen LogP contribution >= 0.6 is 0 Å². The molecule has 4 heteroatoms. The lowest BCUT2D eigenvalue weighted by atomic mass is 10.1. The summed E-state index contributed by atoms with van der Waals surface area (Å²) in [7, 11) is 0. The third kappa shape index (κ3) is 4.51. The average Bonchev–Trinajstić information content (AvgIpc) is 2.54. The molecule has 24 heavy (non-hydrogen) atoms. The quantitative estimate of drug-likeness (QED) is 0.807. The molecule has 0 unspecified atom stereocenters. The summed E-state index contributed by atoms with van der Waals surface area (Å²) in [5.41, 5.74) is 4.26. The minimum absolute atomic E-state index is 0.104. The number of rotatable bonds is 6. The summed E-state index contributed by atoms with van der Waals surface area (Å²) < 4.78 is 5.82. The molecule has 2 amide bonds. The van der Waals surface area contributed by atoms with E-state index in [4.69, 9.17) is 4.74 Å². The summed E-state index contributed by atoms with van der Waals surface area (Å²) >= 11 is 0. The Labute approximate surface area is 144 Å². The molecule has 0 atom stereocenters. The first-order valence-electron chi connectivity index (χ1n) is 8.34. The van der Waals surface area contributed by atoms with Gasteiger partial charge in [-0.1, -0.05) is 30.3 Å². The van der Waals surface area contributed by atoms with Gasteiger partial charge in [-0.3, -0.25) is 4.90 Å². The molecule has 0 saturated heterocycles. The van der Waals surface area contributed by atoms with Crippen molar-refractivity contribution in [2.75, 3.05) is 24.6 Å². The Bertz CT molecular complexity index is 678. The van der Waals surface area contributed by atoms with E-state index in [0.29, 0.717) is 19.7 Å². The number of amides is 2. The Morgan fingerprint density at radius 2 is 1.75 bits per heavy atom. The molecular formula is C20H26N2O2. The average molecular weight is 326 g/mol. The molecule has 0 radical (unpaired) electrons. The maximum atomic E-state index is 12.4. The fourth-order valence-corrected chi connectivity index (χ4v) is 2.67. The summed E-state index contributed by atoms with van der Waals surface area (Å²) in [5.74, 6) is 0.901. The van der Waals surface area contributed by atoms with Crippen molar-refractivity contribution in [3.05, 3.63) is 59.2 Å². The monoisotopic (exact) mass is 326 g/mol. The van der Waals surface area contributed by atoms with Crippen molar-refractivity contribution < 1.29 is 9.53 Å². The predicted octanol–water partition coefficient (Wildman–Crippen LogP) is 4.23. The number of carbonyl (C=O) groups excluding carboxylic acids is 1. The van der Waals surface area contributed by atoms with Crippen LogP contribution in [0.1, 0.15) is 23.6 Å². The number of nitrogens with one attached hydrogen (secondary N) is 1. The summed E-state index contributed by atoms with van der Waals surface area (Å²) in [6.45, 7) is 9.57. The summed E-state index contributed by atoms with van der Waals surface area (Å²) in [5, 5.41) is 2.92. The Morgan fingerprint density at radius 3 is 2.38 bits per heavy atom. The number of para-hydroxylation sites is 1. The summed E-state index contributed by atoms with van der Waals surface area (Å²) in [4.78, 5) is 14.1. The predicted molar refractivity (Wildman–Crippen MR) is 99.0 cm³/mol. The van der Waals surface area contributed by atoms with E-state index in [9.17, 15) is 4.79 Å². The van der Waals surface area contributed by atoms with Gasteiger partial charge < -0.3 is 10.1 Å². The van der Waals surface area contributed by atoms with E-state index >= 15 is 0 Å². The highest BCUT2D eigenvalue weighted by atomic mass is 16.5. The molecule has 2 aromatic rings. The number of hydrogen-bond acceptors (Lipinski definition) is 2. The van der Waals surface area contributed by atoms with Gasteiger partial charge in [-0.05, 0) is 56.5 Å². The van der Waals surface area contributed by atoms with E-state index in [1.807, 2.05) is 70.2 Å². The van der Waals surface area contributed by atoms with Gasteiger partial charge in [0.15, 0.2) is 0 Å². The van der Waals surface area contributed by atoms with Crippen LogP contribution < -0.4 is 15.0 Å². The first-order chi connectivity index (χ1) is 11.5. The zero-order valence-electron chi connectivity index (χ0n) is 14.9. The highest BCUT2D eigenvalue weighted by Crippen LogP contribution is 2.22. The third-order valence-corrected chi connectivity index (χ3v) is 3.91. The fraction of sp³-hybridized carbons (Fsp3) is 0.350. The van der Waals surface area contributed by atoms with Crippen LogP contribution in [0.15, 0.2) is 42.5 Å². The molecule has 0 aromatic heterocycles. The van der Waals surface area contributed by atoms with Gasteiger partial charge in [-0.2, -0.15) is 0 Å². The fourth-order valence-electron chi connectivity index (χ4n) is 2.67. The van der Waals surface area contributed by atoms with Crippen LogP contribution in [0.25, 0.3) is 0 Å².